The first kappa shape index (κ1) is 19.9. The summed E-state index contributed by atoms with van der Waals surface area (Å²) >= 11 is 0. The van der Waals surface area contributed by atoms with Crippen LogP contribution in [0.4, 0.5) is 0 Å². The zero-order chi connectivity index (χ0) is 16.3. The molecule has 1 atom stereocenters. The summed E-state index contributed by atoms with van der Waals surface area (Å²) in [5, 5.41) is 19.2. The SMILES string of the molecule is CCCCCCCC(CCC)C(CCC)(C(=O)O)C(=O)O. The van der Waals surface area contributed by atoms with Crippen LogP contribution in [0.25, 0.3) is 0 Å². The van der Waals surface area contributed by atoms with Gasteiger partial charge in [0.15, 0.2) is 5.41 Å². The summed E-state index contributed by atoms with van der Waals surface area (Å²) in [6.07, 6.45) is 8.50. The Hall–Kier alpha value is -1.06. The molecule has 0 bridgehead atoms. The summed E-state index contributed by atoms with van der Waals surface area (Å²) in [5.41, 5.74) is -1.60. The maximum atomic E-state index is 11.7. The van der Waals surface area contributed by atoms with Gasteiger partial charge in [0.05, 0.1) is 0 Å². The third-order valence-electron chi connectivity index (χ3n) is 4.40. The molecule has 0 spiro atoms. The molecule has 0 rings (SSSR count). The number of hydrogen-bond acceptors (Lipinski definition) is 2. The summed E-state index contributed by atoms with van der Waals surface area (Å²) in [7, 11) is 0. The molecule has 0 aliphatic rings. The number of rotatable bonds is 13. The van der Waals surface area contributed by atoms with Gasteiger partial charge in [-0.25, -0.2) is 0 Å². The van der Waals surface area contributed by atoms with E-state index in [9.17, 15) is 19.8 Å². The van der Waals surface area contributed by atoms with E-state index in [-0.39, 0.29) is 12.3 Å². The molecule has 0 aromatic carbocycles. The van der Waals surface area contributed by atoms with Crippen LogP contribution in [0.1, 0.15) is 85.0 Å². The van der Waals surface area contributed by atoms with Crippen molar-refractivity contribution in [2.45, 2.75) is 85.0 Å². The minimum absolute atomic E-state index is 0.220. The number of carboxylic acids is 2. The molecule has 2 N–H and O–H groups in total. The molecular weight excluding hydrogens is 268 g/mol. The lowest BCUT2D eigenvalue weighted by Gasteiger charge is -2.33. The Morgan fingerprint density at radius 1 is 0.810 bits per heavy atom. The first-order valence-electron chi connectivity index (χ1n) is 8.44. The Balaban J connectivity index is 4.96. The van der Waals surface area contributed by atoms with Gasteiger partial charge in [-0.2, -0.15) is 0 Å². The Morgan fingerprint density at radius 2 is 1.38 bits per heavy atom. The highest BCUT2D eigenvalue weighted by Gasteiger charge is 2.51. The second-order valence-corrected chi connectivity index (χ2v) is 6.02. The van der Waals surface area contributed by atoms with Crippen LogP contribution >= 0.6 is 0 Å². The van der Waals surface area contributed by atoms with Gasteiger partial charge in [-0.05, 0) is 25.2 Å². The lowest BCUT2D eigenvalue weighted by atomic mass is 9.68. The van der Waals surface area contributed by atoms with Gasteiger partial charge in [-0.1, -0.05) is 65.7 Å². The van der Waals surface area contributed by atoms with Crippen molar-refractivity contribution >= 4 is 11.9 Å². The number of hydrogen-bond donors (Lipinski definition) is 2. The molecule has 0 radical (unpaired) electrons. The van der Waals surface area contributed by atoms with Crippen LogP contribution in [-0.4, -0.2) is 22.2 Å². The first-order chi connectivity index (χ1) is 9.97. The van der Waals surface area contributed by atoms with Crippen LogP contribution in [-0.2, 0) is 9.59 Å². The zero-order valence-electron chi connectivity index (χ0n) is 13.9. The third-order valence-corrected chi connectivity index (χ3v) is 4.40. The molecule has 0 aliphatic carbocycles. The zero-order valence-corrected chi connectivity index (χ0v) is 13.9. The maximum absolute atomic E-state index is 11.7. The molecule has 0 heterocycles. The quantitative estimate of drug-likeness (QED) is 0.381. The van der Waals surface area contributed by atoms with E-state index in [1.54, 1.807) is 0 Å². The lowest BCUT2D eigenvalue weighted by molar-refractivity contribution is -0.171. The molecule has 21 heavy (non-hydrogen) atoms. The molecule has 0 saturated heterocycles. The highest BCUT2D eigenvalue weighted by atomic mass is 16.4. The fraction of sp³-hybridized carbons (Fsp3) is 0.882. The number of aliphatic carboxylic acids is 2. The molecule has 1 unspecified atom stereocenters. The monoisotopic (exact) mass is 300 g/mol. The third kappa shape index (κ3) is 5.68. The van der Waals surface area contributed by atoms with Crippen molar-refractivity contribution in [3.63, 3.8) is 0 Å². The minimum Gasteiger partial charge on any atom is -0.480 e. The topological polar surface area (TPSA) is 74.6 Å². The van der Waals surface area contributed by atoms with E-state index in [0.717, 1.165) is 25.7 Å². The van der Waals surface area contributed by atoms with Gasteiger partial charge in [0.25, 0.3) is 0 Å². The van der Waals surface area contributed by atoms with Crippen molar-refractivity contribution < 1.29 is 19.8 Å². The van der Waals surface area contributed by atoms with Crippen LogP contribution in [0.2, 0.25) is 0 Å². The van der Waals surface area contributed by atoms with Gasteiger partial charge in [-0.3, -0.25) is 9.59 Å². The summed E-state index contributed by atoms with van der Waals surface area (Å²) in [6.45, 7) is 6.00. The summed E-state index contributed by atoms with van der Waals surface area (Å²) < 4.78 is 0. The Kier molecular flexibility index (Phi) is 10.1. The van der Waals surface area contributed by atoms with Gasteiger partial charge in [-0.15, -0.1) is 0 Å². The molecule has 0 amide bonds. The van der Waals surface area contributed by atoms with Crippen LogP contribution in [0.5, 0.6) is 0 Å². The van der Waals surface area contributed by atoms with Gasteiger partial charge < -0.3 is 10.2 Å². The van der Waals surface area contributed by atoms with Crippen LogP contribution in [0, 0.1) is 11.3 Å². The fourth-order valence-corrected chi connectivity index (χ4v) is 3.23. The first-order valence-corrected chi connectivity index (χ1v) is 8.44. The van der Waals surface area contributed by atoms with Gasteiger partial charge in [0.1, 0.15) is 0 Å². The summed E-state index contributed by atoms with van der Waals surface area (Å²) in [6, 6.07) is 0. The lowest BCUT2D eigenvalue weighted by Crippen LogP contribution is -2.45. The Labute approximate surface area is 128 Å². The van der Waals surface area contributed by atoms with E-state index in [2.05, 4.69) is 6.92 Å². The van der Waals surface area contributed by atoms with Crippen molar-refractivity contribution in [2.75, 3.05) is 0 Å². The van der Waals surface area contributed by atoms with Crippen molar-refractivity contribution in [1.29, 1.82) is 0 Å². The average Bonchev–Trinajstić information content (AvgIpc) is 2.42. The van der Waals surface area contributed by atoms with Crippen molar-refractivity contribution in [3.05, 3.63) is 0 Å². The van der Waals surface area contributed by atoms with Gasteiger partial charge in [0.2, 0.25) is 0 Å². The van der Waals surface area contributed by atoms with Crippen molar-refractivity contribution in [1.82, 2.24) is 0 Å². The van der Waals surface area contributed by atoms with E-state index in [4.69, 9.17) is 0 Å². The number of carbonyl (C=O) groups is 2. The van der Waals surface area contributed by atoms with Gasteiger partial charge >= 0.3 is 11.9 Å². The molecule has 0 fully saturated rings. The second kappa shape index (κ2) is 10.6. The number of carboxylic acid groups (broad SMARTS) is 2. The highest BCUT2D eigenvalue weighted by molar-refractivity contribution is 5.98. The molecule has 4 heteroatoms. The summed E-state index contributed by atoms with van der Waals surface area (Å²) in [4.78, 5) is 23.4. The van der Waals surface area contributed by atoms with Crippen molar-refractivity contribution in [3.8, 4) is 0 Å². The average molecular weight is 300 g/mol. The molecule has 4 nitrogen and oxygen atoms in total. The van der Waals surface area contributed by atoms with E-state index in [0.29, 0.717) is 19.3 Å². The van der Waals surface area contributed by atoms with E-state index in [1.165, 1.54) is 12.8 Å². The molecule has 124 valence electrons. The van der Waals surface area contributed by atoms with E-state index < -0.39 is 17.4 Å². The smallest absolute Gasteiger partial charge is 0.321 e. The number of unbranched alkanes of at least 4 members (excludes halogenated alkanes) is 4. The van der Waals surface area contributed by atoms with Crippen LogP contribution in [0.3, 0.4) is 0 Å². The van der Waals surface area contributed by atoms with E-state index >= 15 is 0 Å². The molecule has 0 saturated carbocycles. The second-order valence-electron chi connectivity index (χ2n) is 6.02. The van der Waals surface area contributed by atoms with Crippen LogP contribution in [0.15, 0.2) is 0 Å². The largest absolute Gasteiger partial charge is 0.480 e. The highest BCUT2D eigenvalue weighted by Crippen LogP contribution is 2.40. The Morgan fingerprint density at radius 3 is 1.81 bits per heavy atom. The molecule has 0 aromatic heterocycles. The van der Waals surface area contributed by atoms with Gasteiger partial charge in [0, 0.05) is 0 Å². The molecule has 0 aliphatic heterocycles. The molecular formula is C17H32O4. The van der Waals surface area contributed by atoms with Crippen LogP contribution < -0.4 is 0 Å². The van der Waals surface area contributed by atoms with E-state index in [1.807, 2.05) is 13.8 Å². The predicted molar refractivity (Wildman–Crippen MR) is 84.4 cm³/mol. The summed E-state index contributed by atoms with van der Waals surface area (Å²) in [5.74, 6) is -2.59. The predicted octanol–water partition coefficient (Wildman–Crippen LogP) is 4.72. The maximum Gasteiger partial charge on any atom is 0.321 e. The minimum atomic E-state index is -1.60. The van der Waals surface area contributed by atoms with Crippen molar-refractivity contribution in [2.24, 2.45) is 11.3 Å². The molecule has 0 aromatic rings. The Bertz CT molecular complexity index is 298. The fourth-order valence-electron chi connectivity index (χ4n) is 3.23. The normalized spacial score (nSPS) is 13.1. The standard InChI is InChI=1S/C17H32O4/c1-4-7-8-9-10-12-14(11-5-2)17(13-6-3,15(18)19)16(20)21/h14H,4-13H2,1-3H3,(H,18,19)(H,20,21).